The van der Waals surface area contributed by atoms with E-state index in [4.69, 9.17) is 4.42 Å². The topological polar surface area (TPSA) is 61.6 Å². The van der Waals surface area contributed by atoms with Crippen LogP contribution in [-0.2, 0) is 11.3 Å². The van der Waals surface area contributed by atoms with Gasteiger partial charge in [0.1, 0.15) is 5.82 Å². The summed E-state index contributed by atoms with van der Waals surface area (Å²) in [5, 5.41) is 2.85. The minimum atomic E-state index is -0.170. The molecule has 1 aromatic carbocycles. The van der Waals surface area contributed by atoms with Crippen LogP contribution in [0.3, 0.4) is 0 Å². The molecule has 1 fully saturated rings. The molecule has 3 heterocycles. The Morgan fingerprint density at radius 1 is 1.07 bits per heavy atom. The van der Waals surface area contributed by atoms with E-state index in [2.05, 4.69) is 20.1 Å². The number of nitrogens with one attached hydrogen (secondary N) is 1. The van der Waals surface area contributed by atoms with E-state index in [0.29, 0.717) is 5.69 Å². The number of nitrogens with zero attached hydrogens (tertiary/aromatic N) is 3. The van der Waals surface area contributed by atoms with E-state index in [1.165, 1.54) is 11.6 Å². The van der Waals surface area contributed by atoms with Crippen LogP contribution in [0, 0.1) is 0 Å². The predicted octanol–water partition coefficient (Wildman–Crippen LogP) is 3.65. The maximum absolute atomic E-state index is 12.1. The first-order chi connectivity index (χ1) is 14.3. The zero-order valence-electron chi connectivity index (χ0n) is 16.2. The third-order valence-electron chi connectivity index (χ3n) is 4.92. The quantitative estimate of drug-likeness (QED) is 0.653. The van der Waals surface area contributed by atoms with Gasteiger partial charge in [-0.2, -0.15) is 0 Å². The van der Waals surface area contributed by atoms with Crippen molar-refractivity contribution in [2.24, 2.45) is 0 Å². The van der Waals surface area contributed by atoms with Gasteiger partial charge in [0, 0.05) is 44.4 Å². The summed E-state index contributed by atoms with van der Waals surface area (Å²) < 4.78 is 5.14. The number of benzene rings is 1. The van der Waals surface area contributed by atoms with Gasteiger partial charge in [0.25, 0.3) is 0 Å². The molecule has 6 nitrogen and oxygen atoms in total. The highest BCUT2D eigenvalue weighted by molar-refractivity contribution is 6.01. The van der Waals surface area contributed by atoms with Gasteiger partial charge < -0.3 is 14.6 Å². The number of rotatable bonds is 6. The highest BCUT2D eigenvalue weighted by atomic mass is 16.3. The first kappa shape index (κ1) is 19.0. The van der Waals surface area contributed by atoms with E-state index in [1.807, 2.05) is 48.5 Å². The Labute approximate surface area is 170 Å². The average Bonchev–Trinajstić information content (AvgIpc) is 3.27. The number of furan rings is 1. The summed E-state index contributed by atoms with van der Waals surface area (Å²) in [7, 11) is 0. The van der Waals surface area contributed by atoms with Gasteiger partial charge in [-0.1, -0.05) is 30.3 Å². The lowest BCUT2D eigenvalue weighted by molar-refractivity contribution is -0.111. The van der Waals surface area contributed by atoms with Gasteiger partial charge >= 0.3 is 0 Å². The molecule has 0 bridgehead atoms. The van der Waals surface area contributed by atoms with Gasteiger partial charge in [-0.25, -0.2) is 4.98 Å². The number of aromatic nitrogens is 1. The van der Waals surface area contributed by atoms with Crippen molar-refractivity contribution < 1.29 is 9.21 Å². The number of pyridine rings is 1. The smallest absolute Gasteiger partial charge is 0.248 e. The molecule has 1 N–H and O–H groups in total. The zero-order valence-corrected chi connectivity index (χ0v) is 16.2. The molecule has 0 aliphatic carbocycles. The summed E-state index contributed by atoms with van der Waals surface area (Å²) >= 11 is 0. The maximum atomic E-state index is 12.1. The summed E-state index contributed by atoms with van der Waals surface area (Å²) in [6.07, 6.45) is 8.55. The molecule has 1 aliphatic heterocycles. The third-order valence-corrected chi connectivity index (χ3v) is 4.92. The number of anilines is 2. The van der Waals surface area contributed by atoms with Crippen molar-refractivity contribution in [3.05, 3.63) is 84.5 Å². The fourth-order valence-corrected chi connectivity index (χ4v) is 3.34. The van der Waals surface area contributed by atoms with Gasteiger partial charge in [-0.3, -0.25) is 9.69 Å². The van der Waals surface area contributed by atoms with Crippen molar-refractivity contribution in [1.29, 1.82) is 0 Å². The van der Waals surface area contributed by atoms with E-state index in [1.54, 1.807) is 24.8 Å². The van der Waals surface area contributed by atoms with Crippen molar-refractivity contribution in [2.75, 3.05) is 36.4 Å². The molecular formula is C23H24N4O2. The van der Waals surface area contributed by atoms with Crippen LogP contribution in [0.15, 0.2) is 77.7 Å². The van der Waals surface area contributed by atoms with Crippen LogP contribution in [0.5, 0.6) is 0 Å². The lowest BCUT2D eigenvalue weighted by atomic mass is 10.2. The molecule has 0 spiro atoms. The molecule has 4 rings (SSSR count). The Morgan fingerprint density at radius 3 is 2.59 bits per heavy atom. The number of carbonyl (C=O) groups is 1. The molecule has 1 amide bonds. The lowest BCUT2D eigenvalue weighted by Crippen LogP contribution is -2.46. The van der Waals surface area contributed by atoms with Crippen LogP contribution in [0.25, 0.3) is 6.08 Å². The highest BCUT2D eigenvalue weighted by Crippen LogP contribution is 2.17. The monoisotopic (exact) mass is 388 g/mol. The van der Waals surface area contributed by atoms with Crippen molar-refractivity contribution in [1.82, 2.24) is 9.88 Å². The van der Waals surface area contributed by atoms with E-state index < -0.39 is 0 Å². The first-order valence-corrected chi connectivity index (χ1v) is 9.75. The molecular weight excluding hydrogens is 364 g/mol. The molecule has 0 radical (unpaired) electrons. The summed E-state index contributed by atoms with van der Waals surface area (Å²) in [5.74, 6) is 0.766. The highest BCUT2D eigenvalue weighted by Gasteiger charge is 2.18. The van der Waals surface area contributed by atoms with Gasteiger partial charge in [0.15, 0.2) is 0 Å². The number of carbonyl (C=O) groups excluding carboxylic acids is 1. The zero-order chi connectivity index (χ0) is 19.9. The van der Waals surface area contributed by atoms with Crippen molar-refractivity contribution in [2.45, 2.75) is 6.54 Å². The lowest BCUT2D eigenvalue weighted by Gasteiger charge is -2.35. The standard InChI is InChI=1S/C23H24N4O2/c28-23(9-6-19-4-2-1-3-5-19)25-21-7-8-22(24-16-21)27-13-11-26(12-14-27)17-20-10-15-29-18-20/h1-10,15-16,18H,11-14,17H2,(H,25,28)/b9-6+. The maximum Gasteiger partial charge on any atom is 0.248 e. The molecule has 6 heteroatoms. The van der Waals surface area contributed by atoms with Gasteiger partial charge in [0.05, 0.1) is 24.4 Å². The molecule has 0 saturated carbocycles. The minimum absolute atomic E-state index is 0.170. The number of hydrogen-bond donors (Lipinski definition) is 1. The van der Waals surface area contributed by atoms with Crippen LogP contribution >= 0.6 is 0 Å². The Balaban J connectivity index is 1.27. The van der Waals surface area contributed by atoms with Gasteiger partial charge in [-0.05, 0) is 29.8 Å². The summed E-state index contributed by atoms with van der Waals surface area (Å²) in [4.78, 5) is 21.3. The van der Waals surface area contributed by atoms with Crippen LogP contribution in [-0.4, -0.2) is 42.0 Å². The summed E-state index contributed by atoms with van der Waals surface area (Å²) in [5.41, 5.74) is 2.89. The summed E-state index contributed by atoms with van der Waals surface area (Å²) in [6, 6.07) is 15.6. The van der Waals surface area contributed by atoms with Crippen molar-refractivity contribution >= 4 is 23.5 Å². The van der Waals surface area contributed by atoms with Crippen LogP contribution in [0.4, 0.5) is 11.5 Å². The SMILES string of the molecule is O=C(/C=C/c1ccccc1)Nc1ccc(N2CCN(Cc3ccoc3)CC2)nc1. The second-order valence-electron chi connectivity index (χ2n) is 7.03. The van der Waals surface area contributed by atoms with E-state index in [-0.39, 0.29) is 5.91 Å². The second kappa shape index (κ2) is 9.21. The molecule has 0 unspecified atom stereocenters. The Hall–Kier alpha value is -3.38. The molecule has 1 aliphatic rings. The van der Waals surface area contributed by atoms with Crippen LogP contribution < -0.4 is 10.2 Å². The normalized spacial score (nSPS) is 15.0. The number of piperazine rings is 1. The number of amides is 1. The summed E-state index contributed by atoms with van der Waals surface area (Å²) in [6.45, 7) is 4.73. The second-order valence-corrected chi connectivity index (χ2v) is 7.03. The first-order valence-electron chi connectivity index (χ1n) is 9.75. The minimum Gasteiger partial charge on any atom is -0.472 e. The van der Waals surface area contributed by atoms with E-state index in [9.17, 15) is 4.79 Å². The van der Waals surface area contributed by atoms with E-state index in [0.717, 1.165) is 44.1 Å². The average molecular weight is 388 g/mol. The van der Waals surface area contributed by atoms with Crippen molar-refractivity contribution in [3.63, 3.8) is 0 Å². The molecule has 3 aromatic rings. The molecule has 148 valence electrons. The molecule has 0 atom stereocenters. The largest absolute Gasteiger partial charge is 0.472 e. The van der Waals surface area contributed by atoms with Gasteiger partial charge in [0.2, 0.25) is 5.91 Å². The Morgan fingerprint density at radius 2 is 1.90 bits per heavy atom. The van der Waals surface area contributed by atoms with Gasteiger partial charge in [-0.15, -0.1) is 0 Å². The molecule has 29 heavy (non-hydrogen) atoms. The van der Waals surface area contributed by atoms with Crippen LogP contribution in [0.2, 0.25) is 0 Å². The van der Waals surface area contributed by atoms with Crippen LogP contribution in [0.1, 0.15) is 11.1 Å². The predicted molar refractivity (Wildman–Crippen MR) is 115 cm³/mol. The fraction of sp³-hybridized carbons (Fsp3) is 0.217. The fourth-order valence-electron chi connectivity index (χ4n) is 3.34. The Bertz CT molecular complexity index is 929. The molecule has 2 aromatic heterocycles. The van der Waals surface area contributed by atoms with Crippen molar-refractivity contribution in [3.8, 4) is 0 Å². The number of hydrogen-bond acceptors (Lipinski definition) is 5. The Kier molecular flexibility index (Phi) is 6.02. The van der Waals surface area contributed by atoms with E-state index >= 15 is 0 Å². The third kappa shape index (κ3) is 5.33. The molecule has 1 saturated heterocycles.